The maximum Gasteiger partial charge on any atom is 0.119 e. The second kappa shape index (κ2) is 6.25. The van der Waals surface area contributed by atoms with Crippen LogP contribution in [0, 0.1) is 5.92 Å². The molecule has 2 rings (SSSR count). The topological polar surface area (TPSA) is 9.23 Å². The van der Waals surface area contributed by atoms with Gasteiger partial charge in [0.2, 0.25) is 0 Å². The van der Waals surface area contributed by atoms with Crippen LogP contribution in [0.4, 0.5) is 0 Å². The molecule has 0 N–H and O–H groups in total. The van der Waals surface area contributed by atoms with Gasteiger partial charge in [-0.15, -0.1) is 0 Å². The smallest absolute Gasteiger partial charge is 0.119 e. The highest BCUT2D eigenvalue weighted by molar-refractivity contribution is 9.09. The van der Waals surface area contributed by atoms with E-state index in [1.807, 2.05) is 6.07 Å². The number of halogens is 1. The summed E-state index contributed by atoms with van der Waals surface area (Å²) < 4.78 is 5.25. The summed E-state index contributed by atoms with van der Waals surface area (Å²) in [5, 5.41) is 3.37. The third-order valence-electron chi connectivity index (χ3n) is 3.32. The highest BCUT2D eigenvalue weighted by atomic mass is 79.9. The minimum absolute atomic E-state index is 0.561. The van der Waals surface area contributed by atoms with Gasteiger partial charge in [-0.3, -0.25) is 0 Å². The third kappa shape index (κ3) is 3.38. The van der Waals surface area contributed by atoms with Crippen molar-refractivity contribution in [1.82, 2.24) is 0 Å². The lowest BCUT2D eigenvalue weighted by atomic mass is 10.0. The quantitative estimate of drug-likeness (QED) is 0.696. The number of hydrogen-bond donors (Lipinski definition) is 0. The molecule has 0 radical (unpaired) electrons. The van der Waals surface area contributed by atoms with Crippen LogP contribution < -0.4 is 4.74 Å². The minimum Gasteiger partial charge on any atom is -0.497 e. The lowest BCUT2D eigenvalue weighted by Crippen LogP contribution is -1.94. The standard InChI is InChI=1S/C17H19BrO/c1-12(2)16(11-18)9-13-4-5-15-10-17(19-3)7-6-14(15)8-13/h4-10,12H,11H2,1-3H3. The molecule has 0 unspecified atom stereocenters. The molecular weight excluding hydrogens is 300 g/mol. The number of rotatable bonds is 4. The van der Waals surface area contributed by atoms with Crippen molar-refractivity contribution in [3.05, 3.63) is 47.5 Å². The summed E-state index contributed by atoms with van der Waals surface area (Å²) in [6.45, 7) is 4.44. The molecule has 0 atom stereocenters. The lowest BCUT2D eigenvalue weighted by Gasteiger charge is -2.09. The van der Waals surface area contributed by atoms with E-state index in [-0.39, 0.29) is 0 Å². The van der Waals surface area contributed by atoms with Gasteiger partial charge in [0.05, 0.1) is 7.11 Å². The van der Waals surface area contributed by atoms with Crippen LogP contribution in [-0.2, 0) is 0 Å². The average molecular weight is 319 g/mol. The number of alkyl halides is 1. The molecule has 0 amide bonds. The molecule has 0 aromatic heterocycles. The monoisotopic (exact) mass is 318 g/mol. The van der Waals surface area contributed by atoms with Crippen molar-refractivity contribution in [3.63, 3.8) is 0 Å². The molecule has 1 nitrogen and oxygen atoms in total. The van der Waals surface area contributed by atoms with Gasteiger partial charge >= 0.3 is 0 Å². The first kappa shape index (κ1) is 14.1. The Balaban J connectivity index is 2.42. The molecule has 0 saturated carbocycles. The highest BCUT2D eigenvalue weighted by Crippen LogP contribution is 2.24. The molecule has 0 aliphatic carbocycles. The molecule has 0 fully saturated rings. The third-order valence-corrected chi connectivity index (χ3v) is 3.97. The summed E-state index contributed by atoms with van der Waals surface area (Å²) in [6, 6.07) is 12.7. The molecule has 2 heteroatoms. The van der Waals surface area contributed by atoms with Crippen LogP contribution in [0.5, 0.6) is 5.75 Å². The van der Waals surface area contributed by atoms with Gasteiger partial charge in [0.15, 0.2) is 0 Å². The Morgan fingerprint density at radius 2 is 1.84 bits per heavy atom. The maximum absolute atomic E-state index is 5.25. The van der Waals surface area contributed by atoms with E-state index < -0.39 is 0 Å². The molecule has 100 valence electrons. The van der Waals surface area contributed by atoms with Crippen molar-refractivity contribution in [2.45, 2.75) is 13.8 Å². The van der Waals surface area contributed by atoms with Crippen LogP contribution in [0.3, 0.4) is 0 Å². The molecule has 0 aliphatic heterocycles. The largest absolute Gasteiger partial charge is 0.497 e. The van der Waals surface area contributed by atoms with Crippen molar-refractivity contribution >= 4 is 32.8 Å². The fourth-order valence-corrected chi connectivity index (χ4v) is 2.84. The van der Waals surface area contributed by atoms with E-state index in [1.54, 1.807) is 7.11 Å². The summed E-state index contributed by atoms with van der Waals surface area (Å²) in [5.41, 5.74) is 2.66. The Morgan fingerprint density at radius 1 is 1.16 bits per heavy atom. The number of methoxy groups -OCH3 is 1. The molecular formula is C17H19BrO. The van der Waals surface area contributed by atoms with Crippen LogP contribution in [0.2, 0.25) is 0 Å². The van der Waals surface area contributed by atoms with Gasteiger partial charge in [0, 0.05) is 5.33 Å². The fourth-order valence-electron chi connectivity index (χ4n) is 2.03. The van der Waals surface area contributed by atoms with E-state index in [0.717, 1.165) is 11.1 Å². The van der Waals surface area contributed by atoms with Gasteiger partial charge in [-0.1, -0.05) is 59.6 Å². The number of benzene rings is 2. The van der Waals surface area contributed by atoms with Crippen LogP contribution >= 0.6 is 15.9 Å². The van der Waals surface area contributed by atoms with E-state index in [1.165, 1.54) is 21.9 Å². The van der Waals surface area contributed by atoms with Crippen LogP contribution in [0.25, 0.3) is 16.8 Å². The fraction of sp³-hybridized carbons (Fsp3) is 0.294. The summed E-state index contributed by atoms with van der Waals surface area (Å²) in [7, 11) is 1.70. The summed E-state index contributed by atoms with van der Waals surface area (Å²) >= 11 is 3.56. The predicted molar refractivity (Wildman–Crippen MR) is 87.1 cm³/mol. The molecule has 2 aromatic carbocycles. The minimum atomic E-state index is 0.561. The van der Waals surface area contributed by atoms with Gasteiger partial charge in [-0.2, -0.15) is 0 Å². The van der Waals surface area contributed by atoms with Crippen molar-refractivity contribution in [3.8, 4) is 5.75 Å². The van der Waals surface area contributed by atoms with Crippen LogP contribution in [0.15, 0.2) is 42.0 Å². The Labute approximate surface area is 123 Å². The van der Waals surface area contributed by atoms with Gasteiger partial charge in [0.25, 0.3) is 0 Å². The van der Waals surface area contributed by atoms with Crippen molar-refractivity contribution in [2.75, 3.05) is 12.4 Å². The van der Waals surface area contributed by atoms with Gasteiger partial charge in [-0.05, 0) is 40.5 Å². The number of ether oxygens (including phenoxy) is 1. The number of fused-ring (bicyclic) bond motifs is 1. The van der Waals surface area contributed by atoms with Crippen molar-refractivity contribution in [2.24, 2.45) is 5.92 Å². The second-order valence-corrected chi connectivity index (χ2v) is 5.54. The van der Waals surface area contributed by atoms with E-state index >= 15 is 0 Å². The molecule has 2 aromatic rings. The number of allylic oxidation sites excluding steroid dienone is 1. The summed E-state index contributed by atoms with van der Waals surface area (Å²) in [4.78, 5) is 0. The zero-order valence-corrected chi connectivity index (χ0v) is 13.2. The second-order valence-electron chi connectivity index (χ2n) is 4.98. The lowest BCUT2D eigenvalue weighted by molar-refractivity contribution is 0.415. The van der Waals surface area contributed by atoms with Crippen LogP contribution in [-0.4, -0.2) is 12.4 Å². The molecule has 0 bridgehead atoms. The first-order valence-corrected chi connectivity index (χ1v) is 7.60. The summed E-state index contributed by atoms with van der Waals surface area (Å²) in [6.07, 6.45) is 2.27. The van der Waals surface area contributed by atoms with Crippen LogP contribution in [0.1, 0.15) is 19.4 Å². The molecule has 0 saturated heterocycles. The summed E-state index contributed by atoms with van der Waals surface area (Å²) in [5.74, 6) is 1.46. The zero-order chi connectivity index (χ0) is 13.8. The van der Waals surface area contributed by atoms with Crippen molar-refractivity contribution in [1.29, 1.82) is 0 Å². The van der Waals surface area contributed by atoms with Crippen molar-refractivity contribution < 1.29 is 4.74 Å². The van der Waals surface area contributed by atoms with Gasteiger partial charge in [0.1, 0.15) is 5.75 Å². The SMILES string of the molecule is COc1ccc2cc(C=C(CBr)C(C)C)ccc2c1. The van der Waals surface area contributed by atoms with E-state index in [4.69, 9.17) is 4.74 Å². The first-order valence-electron chi connectivity index (χ1n) is 6.48. The molecule has 0 heterocycles. The average Bonchev–Trinajstić information content (AvgIpc) is 2.43. The predicted octanol–water partition coefficient (Wildman–Crippen LogP) is 5.28. The Hall–Kier alpha value is -1.28. The normalized spacial score (nSPS) is 12.2. The number of hydrogen-bond acceptors (Lipinski definition) is 1. The first-order chi connectivity index (χ1) is 9.13. The van der Waals surface area contributed by atoms with E-state index in [9.17, 15) is 0 Å². The van der Waals surface area contributed by atoms with E-state index in [0.29, 0.717) is 5.92 Å². The Morgan fingerprint density at radius 3 is 2.47 bits per heavy atom. The van der Waals surface area contributed by atoms with E-state index in [2.05, 4.69) is 66.2 Å². The highest BCUT2D eigenvalue weighted by Gasteiger charge is 2.02. The Kier molecular flexibility index (Phi) is 4.65. The zero-order valence-electron chi connectivity index (χ0n) is 11.6. The van der Waals surface area contributed by atoms with Gasteiger partial charge < -0.3 is 4.74 Å². The molecule has 19 heavy (non-hydrogen) atoms. The molecule has 0 spiro atoms. The Bertz CT molecular complexity index is 599. The maximum atomic E-state index is 5.25. The molecule has 0 aliphatic rings. The van der Waals surface area contributed by atoms with Gasteiger partial charge in [-0.25, -0.2) is 0 Å².